The molecule has 0 radical (unpaired) electrons. The number of aryl methyl sites for hydroxylation is 2. The van der Waals surface area contributed by atoms with Gasteiger partial charge in [-0.2, -0.15) is 0 Å². The maximum atomic E-state index is 13.7. The molecule has 0 atom stereocenters. The van der Waals surface area contributed by atoms with E-state index in [1.807, 2.05) is 26.8 Å². The van der Waals surface area contributed by atoms with Crippen LogP contribution in [0.1, 0.15) is 22.3 Å². The topological polar surface area (TPSA) is 9.23 Å². The Morgan fingerprint density at radius 2 is 1.84 bits per heavy atom. The van der Waals surface area contributed by atoms with Gasteiger partial charge in [-0.15, -0.1) is 0 Å². The summed E-state index contributed by atoms with van der Waals surface area (Å²) in [5, 5.41) is 0.429. The van der Waals surface area contributed by atoms with Crippen molar-refractivity contribution in [3.05, 3.63) is 58.4 Å². The molecular weight excluding hydrogens is 307 g/mol. The SMILES string of the molecule is Cc1cc(C)c(C)c(Oc2cccc(F)c2CBr)c1. The molecule has 0 aliphatic heterocycles. The molecule has 100 valence electrons. The van der Waals surface area contributed by atoms with E-state index in [0.717, 1.165) is 16.9 Å². The molecule has 0 aromatic heterocycles. The minimum atomic E-state index is -0.253. The third-order valence-corrected chi connectivity index (χ3v) is 3.75. The third kappa shape index (κ3) is 2.98. The van der Waals surface area contributed by atoms with Gasteiger partial charge in [0.15, 0.2) is 0 Å². The van der Waals surface area contributed by atoms with Crippen LogP contribution < -0.4 is 4.74 Å². The lowest BCUT2D eigenvalue weighted by Crippen LogP contribution is -1.96. The van der Waals surface area contributed by atoms with Gasteiger partial charge in [0.2, 0.25) is 0 Å². The molecule has 0 heterocycles. The zero-order valence-electron chi connectivity index (χ0n) is 11.3. The molecule has 0 spiro atoms. The summed E-state index contributed by atoms with van der Waals surface area (Å²) in [6.45, 7) is 6.08. The van der Waals surface area contributed by atoms with Gasteiger partial charge < -0.3 is 4.74 Å². The predicted molar refractivity (Wildman–Crippen MR) is 79.8 cm³/mol. The lowest BCUT2D eigenvalue weighted by molar-refractivity contribution is 0.466. The molecule has 0 aliphatic rings. The van der Waals surface area contributed by atoms with Crippen molar-refractivity contribution in [3.8, 4) is 11.5 Å². The van der Waals surface area contributed by atoms with Crippen molar-refractivity contribution in [2.45, 2.75) is 26.1 Å². The molecule has 19 heavy (non-hydrogen) atoms. The first-order valence-electron chi connectivity index (χ1n) is 6.12. The summed E-state index contributed by atoms with van der Waals surface area (Å²) in [4.78, 5) is 0. The molecule has 0 fully saturated rings. The van der Waals surface area contributed by atoms with Gasteiger partial charge >= 0.3 is 0 Å². The number of benzene rings is 2. The van der Waals surface area contributed by atoms with E-state index in [1.54, 1.807) is 12.1 Å². The Morgan fingerprint density at radius 1 is 1.11 bits per heavy atom. The number of alkyl halides is 1. The molecule has 0 saturated carbocycles. The highest BCUT2D eigenvalue weighted by molar-refractivity contribution is 9.08. The largest absolute Gasteiger partial charge is 0.457 e. The quantitative estimate of drug-likeness (QED) is 0.684. The summed E-state index contributed by atoms with van der Waals surface area (Å²) in [6, 6.07) is 8.98. The van der Waals surface area contributed by atoms with E-state index in [2.05, 4.69) is 22.0 Å². The van der Waals surface area contributed by atoms with Crippen molar-refractivity contribution in [1.29, 1.82) is 0 Å². The molecule has 3 heteroatoms. The van der Waals surface area contributed by atoms with Crippen LogP contribution in [-0.2, 0) is 5.33 Å². The van der Waals surface area contributed by atoms with Crippen molar-refractivity contribution < 1.29 is 9.13 Å². The Morgan fingerprint density at radius 3 is 2.53 bits per heavy atom. The second-order valence-corrected chi connectivity index (χ2v) is 5.22. The summed E-state index contributed by atoms with van der Waals surface area (Å²) < 4.78 is 19.6. The van der Waals surface area contributed by atoms with Gasteiger partial charge in [0, 0.05) is 10.9 Å². The Kier molecular flexibility index (Phi) is 4.25. The van der Waals surface area contributed by atoms with Gasteiger partial charge in [0.25, 0.3) is 0 Å². The van der Waals surface area contributed by atoms with Crippen LogP contribution in [0.4, 0.5) is 4.39 Å². The van der Waals surface area contributed by atoms with Crippen LogP contribution in [-0.4, -0.2) is 0 Å². The Bertz CT molecular complexity index is 608. The van der Waals surface area contributed by atoms with Gasteiger partial charge in [-0.1, -0.05) is 28.1 Å². The second-order valence-electron chi connectivity index (χ2n) is 4.66. The van der Waals surface area contributed by atoms with Gasteiger partial charge in [-0.25, -0.2) is 4.39 Å². The average molecular weight is 323 g/mol. The van der Waals surface area contributed by atoms with Crippen LogP contribution in [0.2, 0.25) is 0 Å². The minimum absolute atomic E-state index is 0.253. The van der Waals surface area contributed by atoms with Crippen LogP contribution in [0.25, 0.3) is 0 Å². The average Bonchev–Trinajstić information content (AvgIpc) is 2.35. The van der Waals surface area contributed by atoms with Crippen LogP contribution in [0.15, 0.2) is 30.3 Å². The molecule has 0 bridgehead atoms. The van der Waals surface area contributed by atoms with Crippen molar-refractivity contribution in [2.75, 3.05) is 0 Å². The molecule has 1 nitrogen and oxygen atoms in total. The summed E-state index contributed by atoms with van der Waals surface area (Å²) in [5.41, 5.74) is 3.93. The molecule has 0 unspecified atom stereocenters. The monoisotopic (exact) mass is 322 g/mol. The fraction of sp³-hybridized carbons (Fsp3) is 0.250. The highest BCUT2D eigenvalue weighted by atomic mass is 79.9. The number of ether oxygens (including phenoxy) is 1. The molecule has 0 saturated heterocycles. The van der Waals surface area contributed by atoms with Crippen molar-refractivity contribution in [1.82, 2.24) is 0 Å². The minimum Gasteiger partial charge on any atom is -0.457 e. The zero-order valence-corrected chi connectivity index (χ0v) is 12.8. The van der Waals surface area contributed by atoms with Gasteiger partial charge in [-0.3, -0.25) is 0 Å². The van der Waals surface area contributed by atoms with E-state index in [-0.39, 0.29) is 5.82 Å². The van der Waals surface area contributed by atoms with Gasteiger partial charge in [0.1, 0.15) is 17.3 Å². The lowest BCUT2D eigenvalue weighted by Gasteiger charge is -2.14. The fourth-order valence-electron chi connectivity index (χ4n) is 1.99. The molecule has 0 N–H and O–H groups in total. The summed E-state index contributed by atoms with van der Waals surface area (Å²) >= 11 is 3.30. The zero-order chi connectivity index (χ0) is 14.0. The number of hydrogen-bond donors (Lipinski definition) is 0. The van der Waals surface area contributed by atoms with Crippen LogP contribution in [0.5, 0.6) is 11.5 Å². The predicted octanol–water partition coefficient (Wildman–Crippen LogP) is 5.44. The Balaban J connectivity index is 2.45. The number of hydrogen-bond acceptors (Lipinski definition) is 1. The summed E-state index contributed by atoms with van der Waals surface area (Å²) in [5.74, 6) is 1.09. The number of halogens is 2. The molecule has 2 rings (SSSR count). The van der Waals surface area contributed by atoms with E-state index in [1.165, 1.54) is 11.6 Å². The summed E-state index contributed by atoms with van der Waals surface area (Å²) in [7, 11) is 0. The van der Waals surface area contributed by atoms with E-state index in [4.69, 9.17) is 4.74 Å². The maximum absolute atomic E-state index is 13.7. The third-order valence-electron chi connectivity index (χ3n) is 3.19. The first kappa shape index (κ1) is 14.1. The lowest BCUT2D eigenvalue weighted by atomic mass is 10.1. The number of rotatable bonds is 3. The Labute approximate surface area is 121 Å². The van der Waals surface area contributed by atoms with E-state index >= 15 is 0 Å². The smallest absolute Gasteiger partial charge is 0.134 e. The van der Waals surface area contributed by atoms with Crippen LogP contribution in [0.3, 0.4) is 0 Å². The highest BCUT2D eigenvalue weighted by Gasteiger charge is 2.11. The second kappa shape index (κ2) is 5.74. The van der Waals surface area contributed by atoms with E-state index in [9.17, 15) is 4.39 Å². The normalized spacial score (nSPS) is 10.6. The fourth-order valence-corrected chi connectivity index (χ4v) is 2.53. The molecule has 2 aromatic carbocycles. The molecule has 2 aromatic rings. The molecule has 0 amide bonds. The first-order chi connectivity index (χ1) is 9.02. The Hall–Kier alpha value is -1.35. The van der Waals surface area contributed by atoms with Crippen molar-refractivity contribution in [3.63, 3.8) is 0 Å². The van der Waals surface area contributed by atoms with Gasteiger partial charge in [-0.05, 0) is 55.7 Å². The molecular formula is C16H16BrFO. The van der Waals surface area contributed by atoms with Crippen molar-refractivity contribution >= 4 is 15.9 Å². The molecule has 0 aliphatic carbocycles. The van der Waals surface area contributed by atoms with E-state index < -0.39 is 0 Å². The standard InChI is InChI=1S/C16H16BrFO/c1-10-7-11(2)12(3)16(8-10)19-15-6-4-5-14(18)13(15)9-17/h4-8H,9H2,1-3H3. The summed E-state index contributed by atoms with van der Waals surface area (Å²) in [6.07, 6.45) is 0. The first-order valence-corrected chi connectivity index (χ1v) is 7.24. The van der Waals surface area contributed by atoms with Crippen molar-refractivity contribution in [2.24, 2.45) is 0 Å². The highest BCUT2D eigenvalue weighted by Crippen LogP contribution is 2.32. The van der Waals surface area contributed by atoms with Crippen LogP contribution in [0, 0.1) is 26.6 Å². The maximum Gasteiger partial charge on any atom is 0.134 e. The van der Waals surface area contributed by atoms with E-state index in [0.29, 0.717) is 16.6 Å². The van der Waals surface area contributed by atoms with Gasteiger partial charge in [0.05, 0.1) is 0 Å². The van der Waals surface area contributed by atoms with Crippen LogP contribution >= 0.6 is 15.9 Å².